The van der Waals surface area contributed by atoms with E-state index in [2.05, 4.69) is 34.5 Å². The van der Waals surface area contributed by atoms with Crippen LogP contribution >= 0.6 is 15.9 Å². The highest BCUT2D eigenvalue weighted by atomic mass is 79.9. The van der Waals surface area contributed by atoms with Gasteiger partial charge in [-0.3, -0.25) is 0 Å². The molecule has 0 saturated carbocycles. The molecule has 7 heteroatoms. The molecule has 2 aromatic carbocycles. The van der Waals surface area contributed by atoms with Gasteiger partial charge in [0.2, 0.25) is 5.60 Å². The lowest BCUT2D eigenvalue weighted by Crippen LogP contribution is -2.43. The number of nitrogens with zero attached hydrogens (tertiary/aromatic N) is 1. The SMILES string of the molecule is C=CCN(C)CCCCCCOc1ccc(C(O)(c2ccc(Br)cc2)C(F)(F)F)cc1. The Labute approximate surface area is 190 Å². The smallest absolute Gasteiger partial charge is 0.425 e. The van der Waals surface area contributed by atoms with Crippen LogP contribution in [0.1, 0.15) is 36.8 Å². The average Bonchev–Trinajstić information content (AvgIpc) is 2.73. The molecule has 31 heavy (non-hydrogen) atoms. The second kappa shape index (κ2) is 11.7. The number of rotatable bonds is 12. The molecule has 0 aliphatic rings. The van der Waals surface area contributed by atoms with E-state index in [1.807, 2.05) is 6.08 Å². The monoisotopic (exact) mass is 499 g/mol. The topological polar surface area (TPSA) is 32.7 Å². The van der Waals surface area contributed by atoms with Crippen LogP contribution in [0.3, 0.4) is 0 Å². The summed E-state index contributed by atoms with van der Waals surface area (Å²) < 4.78 is 47.7. The first kappa shape index (κ1) is 25.4. The highest BCUT2D eigenvalue weighted by Gasteiger charge is 2.56. The lowest BCUT2D eigenvalue weighted by molar-refractivity contribution is -0.248. The van der Waals surface area contributed by atoms with Crippen molar-refractivity contribution in [3.05, 3.63) is 76.8 Å². The van der Waals surface area contributed by atoms with E-state index in [-0.39, 0.29) is 11.1 Å². The van der Waals surface area contributed by atoms with E-state index >= 15 is 0 Å². The minimum absolute atomic E-state index is 0.240. The molecule has 0 fully saturated rings. The van der Waals surface area contributed by atoms with Gasteiger partial charge in [-0.1, -0.05) is 59.1 Å². The van der Waals surface area contributed by atoms with Crippen LogP contribution in [0.5, 0.6) is 5.75 Å². The molecule has 0 aliphatic heterocycles. The van der Waals surface area contributed by atoms with Crippen molar-refractivity contribution in [1.29, 1.82) is 0 Å². The van der Waals surface area contributed by atoms with Gasteiger partial charge in [-0.15, -0.1) is 6.58 Å². The van der Waals surface area contributed by atoms with Crippen LogP contribution in [0.25, 0.3) is 0 Å². The zero-order chi connectivity index (χ0) is 22.9. The fourth-order valence-corrected chi connectivity index (χ4v) is 3.58. The summed E-state index contributed by atoms with van der Waals surface area (Å²) in [6, 6.07) is 10.9. The number of halogens is 4. The van der Waals surface area contributed by atoms with Crippen molar-refractivity contribution >= 4 is 15.9 Å². The molecule has 1 atom stereocenters. The number of ether oxygens (including phenoxy) is 1. The van der Waals surface area contributed by atoms with Crippen molar-refractivity contribution < 1.29 is 23.0 Å². The first-order chi connectivity index (χ1) is 14.7. The Kier molecular flexibility index (Phi) is 9.59. The molecule has 1 unspecified atom stereocenters. The molecule has 0 amide bonds. The van der Waals surface area contributed by atoms with Crippen molar-refractivity contribution in [2.45, 2.75) is 37.5 Å². The van der Waals surface area contributed by atoms with E-state index in [0.29, 0.717) is 16.8 Å². The first-order valence-electron chi connectivity index (χ1n) is 10.3. The van der Waals surface area contributed by atoms with Gasteiger partial charge in [-0.05, 0) is 61.8 Å². The number of alkyl halides is 3. The van der Waals surface area contributed by atoms with Gasteiger partial charge in [0.1, 0.15) is 5.75 Å². The normalized spacial score (nSPS) is 13.8. The molecule has 0 heterocycles. The molecule has 2 aromatic rings. The van der Waals surface area contributed by atoms with E-state index in [1.54, 1.807) is 0 Å². The number of hydrogen-bond acceptors (Lipinski definition) is 3. The van der Waals surface area contributed by atoms with Crippen molar-refractivity contribution in [1.82, 2.24) is 4.90 Å². The minimum atomic E-state index is -4.87. The lowest BCUT2D eigenvalue weighted by atomic mass is 9.85. The molecular weight excluding hydrogens is 471 g/mol. The van der Waals surface area contributed by atoms with Crippen molar-refractivity contribution in [2.75, 3.05) is 26.7 Å². The molecule has 1 N–H and O–H groups in total. The Balaban J connectivity index is 1.91. The quantitative estimate of drug-likeness (QED) is 0.274. The van der Waals surface area contributed by atoms with Gasteiger partial charge < -0.3 is 14.7 Å². The van der Waals surface area contributed by atoms with Gasteiger partial charge in [0.15, 0.2) is 0 Å². The van der Waals surface area contributed by atoms with E-state index in [4.69, 9.17) is 4.74 Å². The second-order valence-corrected chi connectivity index (χ2v) is 8.47. The zero-order valence-electron chi connectivity index (χ0n) is 17.7. The highest BCUT2D eigenvalue weighted by molar-refractivity contribution is 9.10. The maximum atomic E-state index is 13.8. The number of hydrogen-bond donors (Lipinski definition) is 1. The molecule has 0 saturated heterocycles. The molecule has 2 rings (SSSR count). The molecule has 0 aliphatic carbocycles. The largest absolute Gasteiger partial charge is 0.494 e. The summed E-state index contributed by atoms with van der Waals surface area (Å²) in [5.74, 6) is 0.481. The molecule has 3 nitrogen and oxygen atoms in total. The Bertz CT molecular complexity index is 809. The van der Waals surface area contributed by atoms with Gasteiger partial charge >= 0.3 is 6.18 Å². The molecule has 0 aromatic heterocycles. The third-order valence-electron chi connectivity index (χ3n) is 5.09. The number of unbranched alkanes of at least 4 members (excludes halogenated alkanes) is 3. The third kappa shape index (κ3) is 7.09. The van der Waals surface area contributed by atoms with Crippen LogP contribution < -0.4 is 4.74 Å². The van der Waals surface area contributed by atoms with Gasteiger partial charge in [0.25, 0.3) is 0 Å². The Morgan fingerprint density at radius 2 is 1.52 bits per heavy atom. The summed E-state index contributed by atoms with van der Waals surface area (Å²) in [7, 11) is 2.06. The summed E-state index contributed by atoms with van der Waals surface area (Å²) in [6.45, 7) is 6.12. The summed E-state index contributed by atoms with van der Waals surface area (Å²) in [6.07, 6.45) is 1.10. The second-order valence-electron chi connectivity index (χ2n) is 7.55. The van der Waals surface area contributed by atoms with E-state index in [1.165, 1.54) is 48.5 Å². The predicted molar refractivity (Wildman–Crippen MR) is 121 cm³/mol. The van der Waals surface area contributed by atoms with Crippen LogP contribution in [0.4, 0.5) is 13.2 Å². The summed E-state index contributed by atoms with van der Waals surface area (Å²) >= 11 is 3.20. The van der Waals surface area contributed by atoms with Crippen molar-refractivity contribution in [3.63, 3.8) is 0 Å². The maximum absolute atomic E-state index is 13.8. The Hall–Kier alpha value is -1.83. The van der Waals surface area contributed by atoms with Gasteiger partial charge in [0, 0.05) is 11.0 Å². The van der Waals surface area contributed by atoms with Crippen molar-refractivity contribution in [3.8, 4) is 5.75 Å². The highest BCUT2D eigenvalue weighted by Crippen LogP contribution is 2.44. The average molecular weight is 500 g/mol. The van der Waals surface area contributed by atoms with Crippen molar-refractivity contribution in [2.24, 2.45) is 0 Å². The van der Waals surface area contributed by atoms with Gasteiger partial charge in [0.05, 0.1) is 6.61 Å². The predicted octanol–water partition coefficient (Wildman–Crippen LogP) is 6.30. The Morgan fingerprint density at radius 1 is 0.968 bits per heavy atom. The van der Waals surface area contributed by atoms with Crippen LogP contribution in [0.2, 0.25) is 0 Å². The van der Waals surface area contributed by atoms with Crippen LogP contribution in [-0.2, 0) is 5.60 Å². The number of likely N-dealkylation sites (N-methyl/N-ethyl adjacent to an activating group) is 1. The van der Waals surface area contributed by atoms with Crippen LogP contribution in [-0.4, -0.2) is 42.9 Å². The van der Waals surface area contributed by atoms with E-state index < -0.39 is 11.8 Å². The van der Waals surface area contributed by atoms with E-state index in [0.717, 1.165) is 38.8 Å². The fraction of sp³-hybridized carbons (Fsp3) is 0.417. The van der Waals surface area contributed by atoms with Gasteiger partial charge in [-0.25, -0.2) is 0 Å². The Morgan fingerprint density at radius 3 is 2.06 bits per heavy atom. The first-order valence-corrected chi connectivity index (χ1v) is 11.1. The molecule has 0 bridgehead atoms. The zero-order valence-corrected chi connectivity index (χ0v) is 19.3. The summed E-state index contributed by atoms with van der Waals surface area (Å²) in [5, 5.41) is 10.7. The molecular formula is C24H29BrF3NO2. The van der Waals surface area contributed by atoms with Crippen LogP contribution in [0.15, 0.2) is 65.7 Å². The standard InChI is InChI=1S/C24H29BrF3NO2/c1-3-16-29(2)17-6-4-5-7-18-31-22-14-10-20(11-15-22)23(30,24(26,27)28)19-8-12-21(25)13-9-19/h3,8-15,30H,1,4-7,16-18H2,2H3. The maximum Gasteiger partial charge on any atom is 0.425 e. The van der Waals surface area contributed by atoms with Crippen LogP contribution in [0, 0.1) is 0 Å². The van der Waals surface area contributed by atoms with E-state index in [9.17, 15) is 18.3 Å². The summed E-state index contributed by atoms with van der Waals surface area (Å²) in [5.41, 5.74) is -3.58. The third-order valence-corrected chi connectivity index (χ3v) is 5.62. The molecule has 0 radical (unpaired) electrons. The number of aliphatic hydroxyl groups is 1. The minimum Gasteiger partial charge on any atom is -0.494 e. The fourth-order valence-electron chi connectivity index (χ4n) is 3.32. The number of benzene rings is 2. The summed E-state index contributed by atoms with van der Waals surface area (Å²) in [4.78, 5) is 2.21. The lowest BCUT2D eigenvalue weighted by Gasteiger charge is -2.31. The molecule has 0 spiro atoms. The molecule has 170 valence electrons. The van der Waals surface area contributed by atoms with Gasteiger partial charge in [-0.2, -0.15) is 13.2 Å².